The van der Waals surface area contributed by atoms with Crippen LogP contribution in [-0.2, 0) is 0 Å². The lowest BCUT2D eigenvalue weighted by molar-refractivity contribution is 0.715. The molecular weight excluding hydrogens is 321 g/mol. The van der Waals surface area contributed by atoms with Gasteiger partial charge in [-0.15, -0.1) is 0 Å². The summed E-state index contributed by atoms with van der Waals surface area (Å²) in [5.74, 6) is 0. The van der Waals surface area contributed by atoms with Crippen LogP contribution in [0.3, 0.4) is 0 Å². The maximum absolute atomic E-state index is 5.63. The molecule has 4 rings (SSSR count). The molecule has 2 heteroatoms. The Labute approximate surface area is 150 Å². The smallest absolute Gasteiger partial charge is 0.0551 e. The van der Waals surface area contributed by atoms with Crippen molar-refractivity contribution in [2.24, 2.45) is 4.74 Å². The zero-order chi connectivity index (χ0) is 17.0. The molecule has 0 saturated heterocycles. The van der Waals surface area contributed by atoms with Gasteiger partial charge in [-0.25, -0.2) is 0 Å². The van der Waals surface area contributed by atoms with Crippen molar-refractivity contribution < 1.29 is 0 Å². The number of hydrogen-bond donors (Lipinski definition) is 0. The van der Waals surface area contributed by atoms with Crippen LogP contribution in [0.15, 0.2) is 95.7 Å². The molecule has 0 radical (unpaired) electrons. The Balaban J connectivity index is 2.05. The fraction of sp³-hybridized carbons (Fsp3) is 0.217. The molecule has 3 aromatic carbocycles. The van der Waals surface area contributed by atoms with Gasteiger partial charge in [-0.1, -0.05) is 104 Å². The number of benzene rings is 3. The van der Waals surface area contributed by atoms with Gasteiger partial charge in [0.15, 0.2) is 0 Å². The normalized spacial score (nSPS) is 15.2. The highest BCUT2D eigenvalue weighted by atomic mass is 31.2. The van der Waals surface area contributed by atoms with Crippen molar-refractivity contribution in [1.29, 1.82) is 0 Å². The summed E-state index contributed by atoms with van der Waals surface area (Å²) < 4.78 is 5.63. The molecule has 0 heterocycles. The molecule has 0 bridgehead atoms. The first kappa shape index (κ1) is 16.4. The van der Waals surface area contributed by atoms with Crippen molar-refractivity contribution in [2.75, 3.05) is 0 Å². The van der Waals surface area contributed by atoms with Gasteiger partial charge in [0.05, 0.1) is 7.05 Å². The topological polar surface area (TPSA) is 12.4 Å². The van der Waals surface area contributed by atoms with Crippen LogP contribution in [0, 0.1) is 0 Å². The monoisotopic (exact) mass is 345 g/mol. The average Bonchev–Trinajstić information content (AvgIpc) is 3.21. The van der Waals surface area contributed by atoms with Gasteiger partial charge in [0.2, 0.25) is 0 Å². The van der Waals surface area contributed by atoms with Crippen molar-refractivity contribution in [3.63, 3.8) is 0 Å². The van der Waals surface area contributed by atoms with Crippen molar-refractivity contribution in [1.82, 2.24) is 0 Å². The lowest BCUT2D eigenvalue weighted by Gasteiger charge is -2.28. The molecule has 1 aliphatic rings. The minimum Gasteiger partial charge on any atom is -0.286 e. The highest BCUT2D eigenvalue weighted by Crippen LogP contribution is 2.48. The van der Waals surface area contributed by atoms with Gasteiger partial charge < -0.3 is 0 Å². The summed E-state index contributed by atoms with van der Waals surface area (Å²) in [6.45, 7) is 0. The van der Waals surface area contributed by atoms with E-state index >= 15 is 0 Å². The number of nitrogens with zero attached hydrogens (tertiary/aromatic N) is 1. The lowest BCUT2D eigenvalue weighted by Crippen LogP contribution is -2.26. The largest absolute Gasteiger partial charge is 0.286 e. The second-order valence-electron chi connectivity index (χ2n) is 6.70. The summed E-state index contributed by atoms with van der Waals surface area (Å²) in [6.07, 6.45) is 5.08. The van der Waals surface area contributed by atoms with Crippen molar-refractivity contribution >= 4 is 23.0 Å². The van der Waals surface area contributed by atoms with Crippen LogP contribution >= 0.6 is 7.05 Å². The van der Waals surface area contributed by atoms with Crippen LogP contribution in [0.5, 0.6) is 0 Å². The molecule has 0 aromatic heterocycles. The van der Waals surface area contributed by atoms with Gasteiger partial charge in [0, 0.05) is 22.0 Å². The van der Waals surface area contributed by atoms with Gasteiger partial charge in [-0.3, -0.25) is 4.74 Å². The summed E-state index contributed by atoms with van der Waals surface area (Å²) in [5, 5.41) is 4.08. The average molecular weight is 345 g/mol. The van der Waals surface area contributed by atoms with Gasteiger partial charge in [0.1, 0.15) is 0 Å². The predicted molar refractivity (Wildman–Crippen MR) is 110 cm³/mol. The first-order valence-corrected chi connectivity index (χ1v) is 10.9. The molecule has 0 spiro atoms. The highest BCUT2D eigenvalue weighted by Gasteiger charge is 2.29. The Morgan fingerprint density at radius 3 is 1.28 bits per heavy atom. The van der Waals surface area contributed by atoms with E-state index in [2.05, 4.69) is 91.0 Å². The molecule has 0 atom stereocenters. The van der Waals surface area contributed by atoms with Crippen molar-refractivity contribution in [3.05, 3.63) is 91.0 Å². The van der Waals surface area contributed by atoms with Crippen LogP contribution in [0.1, 0.15) is 25.7 Å². The molecule has 1 nitrogen and oxygen atoms in total. The van der Waals surface area contributed by atoms with E-state index in [0.29, 0.717) is 6.04 Å². The molecule has 126 valence electrons. The van der Waals surface area contributed by atoms with E-state index in [4.69, 9.17) is 4.74 Å². The molecule has 1 fully saturated rings. The maximum atomic E-state index is 5.63. The Bertz CT molecular complexity index is 747. The molecule has 3 aromatic rings. The molecular formula is C23H24NP. The standard InChI is InChI=1S/C23H24NP/c1-4-14-21(15-5-1)25(22-16-6-2-7-17-22,23-18-8-3-9-19-23)24-20-12-10-11-13-20/h1-9,14-20H,10-13H2. The van der Waals surface area contributed by atoms with Crippen molar-refractivity contribution in [2.45, 2.75) is 31.7 Å². The quantitative estimate of drug-likeness (QED) is 0.583. The first-order chi connectivity index (χ1) is 12.4. The maximum Gasteiger partial charge on any atom is 0.0551 e. The number of hydrogen-bond acceptors (Lipinski definition) is 1. The Morgan fingerprint density at radius 1 is 0.560 bits per heavy atom. The Kier molecular flexibility index (Phi) is 4.85. The molecule has 0 aliphatic heterocycles. The third-order valence-corrected chi connectivity index (χ3v) is 8.86. The van der Waals surface area contributed by atoms with Gasteiger partial charge >= 0.3 is 0 Å². The molecule has 1 aliphatic carbocycles. The second-order valence-corrected chi connectivity index (χ2v) is 9.75. The van der Waals surface area contributed by atoms with Crippen LogP contribution in [0.2, 0.25) is 0 Å². The zero-order valence-electron chi connectivity index (χ0n) is 14.5. The summed E-state index contributed by atoms with van der Waals surface area (Å²) in [6, 6.07) is 33.3. The van der Waals surface area contributed by atoms with Crippen LogP contribution in [-0.4, -0.2) is 6.04 Å². The van der Waals surface area contributed by atoms with Crippen LogP contribution in [0.25, 0.3) is 0 Å². The van der Waals surface area contributed by atoms with Crippen molar-refractivity contribution in [3.8, 4) is 0 Å². The van der Waals surface area contributed by atoms with E-state index < -0.39 is 7.05 Å². The van der Waals surface area contributed by atoms with E-state index in [1.807, 2.05) is 0 Å². The molecule has 1 saturated carbocycles. The summed E-state index contributed by atoms with van der Waals surface area (Å²) in [5.41, 5.74) is 0. The molecule has 25 heavy (non-hydrogen) atoms. The van der Waals surface area contributed by atoms with E-state index in [0.717, 1.165) is 0 Å². The fourth-order valence-corrected chi connectivity index (χ4v) is 7.67. The molecule has 0 unspecified atom stereocenters. The number of rotatable bonds is 4. The Hall–Kier alpha value is -2.11. The zero-order valence-corrected chi connectivity index (χ0v) is 15.4. The molecule has 0 N–H and O–H groups in total. The van der Waals surface area contributed by atoms with E-state index in [1.165, 1.54) is 41.6 Å². The summed E-state index contributed by atoms with van der Waals surface area (Å²) in [4.78, 5) is 0. The second kappa shape index (κ2) is 7.42. The summed E-state index contributed by atoms with van der Waals surface area (Å²) >= 11 is 0. The van der Waals surface area contributed by atoms with E-state index in [9.17, 15) is 0 Å². The van der Waals surface area contributed by atoms with Gasteiger partial charge in [0.25, 0.3) is 0 Å². The van der Waals surface area contributed by atoms with Gasteiger partial charge in [-0.05, 0) is 12.8 Å². The first-order valence-electron chi connectivity index (χ1n) is 9.18. The van der Waals surface area contributed by atoms with E-state index in [1.54, 1.807) is 0 Å². The lowest BCUT2D eigenvalue weighted by atomic mass is 10.3. The minimum atomic E-state index is -1.98. The Morgan fingerprint density at radius 2 is 0.920 bits per heavy atom. The summed E-state index contributed by atoms with van der Waals surface area (Å²) in [7, 11) is -1.98. The fourth-order valence-electron chi connectivity index (χ4n) is 3.84. The van der Waals surface area contributed by atoms with Crippen LogP contribution in [0.4, 0.5) is 0 Å². The third-order valence-electron chi connectivity index (χ3n) is 5.05. The predicted octanol–water partition coefficient (Wildman–Crippen LogP) is 5.11. The van der Waals surface area contributed by atoms with Gasteiger partial charge in [-0.2, -0.15) is 0 Å². The van der Waals surface area contributed by atoms with E-state index in [-0.39, 0.29) is 0 Å². The highest BCUT2D eigenvalue weighted by molar-refractivity contribution is 7.87. The van der Waals surface area contributed by atoms with Crippen LogP contribution < -0.4 is 15.9 Å². The SMILES string of the molecule is c1ccc(P(=NC2CCCC2)(c2ccccc2)c2ccccc2)cc1. The third kappa shape index (κ3) is 3.22. The minimum absolute atomic E-state index is 0.481. The molecule has 0 amide bonds.